The lowest BCUT2D eigenvalue weighted by Gasteiger charge is -2.25. The van der Waals surface area contributed by atoms with Crippen LogP contribution in [0.3, 0.4) is 0 Å². The van der Waals surface area contributed by atoms with Gasteiger partial charge in [0.2, 0.25) is 0 Å². The molecule has 1 aromatic carbocycles. The second-order valence-corrected chi connectivity index (χ2v) is 5.09. The number of benzene rings is 1. The number of fused-ring (bicyclic) bond motifs is 1. The van der Waals surface area contributed by atoms with E-state index in [1.165, 1.54) is 30.4 Å². The minimum atomic E-state index is 0.0756. The largest absolute Gasteiger partial charge is 0.352 e. The Hall–Kier alpha value is -1.35. The van der Waals surface area contributed by atoms with Crippen molar-refractivity contribution < 1.29 is 4.79 Å². The van der Waals surface area contributed by atoms with Gasteiger partial charge in [-0.25, -0.2) is 0 Å². The van der Waals surface area contributed by atoms with E-state index in [0.717, 1.165) is 31.1 Å². The van der Waals surface area contributed by atoms with Crippen LogP contribution in [-0.4, -0.2) is 12.5 Å². The fraction of sp³-hybridized carbons (Fsp3) is 0.500. The number of amides is 1. The number of carbonyl (C=O) groups is 1. The maximum absolute atomic E-state index is 12.0. The summed E-state index contributed by atoms with van der Waals surface area (Å²) >= 11 is 0. The average molecular weight is 230 g/mol. The van der Waals surface area contributed by atoms with Gasteiger partial charge in [-0.1, -0.05) is 12.5 Å². The molecule has 0 saturated heterocycles. The second kappa shape index (κ2) is 4.49. The van der Waals surface area contributed by atoms with Crippen molar-refractivity contribution in [1.29, 1.82) is 0 Å². The van der Waals surface area contributed by atoms with Crippen LogP contribution in [0, 0.1) is 5.92 Å². The smallest absolute Gasteiger partial charge is 0.251 e. The predicted molar refractivity (Wildman–Crippen MR) is 66.7 cm³/mol. The van der Waals surface area contributed by atoms with Crippen molar-refractivity contribution >= 4 is 5.91 Å². The molecule has 17 heavy (non-hydrogen) atoms. The highest BCUT2D eigenvalue weighted by Crippen LogP contribution is 2.25. The highest BCUT2D eigenvalue weighted by molar-refractivity contribution is 5.94. The molecule has 1 aromatic rings. The van der Waals surface area contributed by atoms with Gasteiger partial charge in [-0.05, 0) is 42.0 Å². The van der Waals surface area contributed by atoms with Gasteiger partial charge in [-0.2, -0.15) is 0 Å². The number of rotatable bonds is 3. The molecule has 1 heterocycles. The molecule has 1 amide bonds. The van der Waals surface area contributed by atoms with Gasteiger partial charge in [0.15, 0.2) is 0 Å². The number of hydrogen-bond donors (Lipinski definition) is 2. The molecule has 90 valence electrons. The standard InChI is InChI=1S/C14H18N2O/c17-14(16-7-10-2-1-3-10)11-4-5-12-8-15-9-13(12)6-11/h4-6,10,15H,1-3,7-9H2,(H,16,17). The molecule has 2 aliphatic rings. The van der Waals surface area contributed by atoms with Gasteiger partial charge in [0.05, 0.1) is 0 Å². The Kier molecular flexibility index (Phi) is 2.85. The molecule has 2 N–H and O–H groups in total. The summed E-state index contributed by atoms with van der Waals surface area (Å²) < 4.78 is 0. The van der Waals surface area contributed by atoms with Crippen LogP contribution in [0.4, 0.5) is 0 Å². The normalized spacial score (nSPS) is 18.6. The Bertz CT molecular complexity index is 438. The van der Waals surface area contributed by atoms with Crippen LogP contribution in [0.1, 0.15) is 40.7 Å². The van der Waals surface area contributed by atoms with Gasteiger partial charge in [0.25, 0.3) is 5.91 Å². The SMILES string of the molecule is O=C(NCC1CCC1)c1ccc2c(c1)CNC2. The van der Waals surface area contributed by atoms with Crippen LogP contribution < -0.4 is 10.6 Å². The predicted octanol–water partition coefficient (Wildman–Crippen LogP) is 1.82. The van der Waals surface area contributed by atoms with Gasteiger partial charge in [-0.3, -0.25) is 4.79 Å². The number of hydrogen-bond acceptors (Lipinski definition) is 2. The fourth-order valence-corrected chi connectivity index (χ4v) is 2.47. The van der Waals surface area contributed by atoms with Crippen LogP contribution in [0.5, 0.6) is 0 Å². The first-order valence-electron chi connectivity index (χ1n) is 6.43. The molecule has 1 saturated carbocycles. The van der Waals surface area contributed by atoms with E-state index in [2.05, 4.69) is 16.7 Å². The van der Waals surface area contributed by atoms with Crippen molar-refractivity contribution in [1.82, 2.24) is 10.6 Å². The van der Waals surface area contributed by atoms with E-state index in [-0.39, 0.29) is 5.91 Å². The summed E-state index contributed by atoms with van der Waals surface area (Å²) in [6.07, 6.45) is 3.87. The second-order valence-electron chi connectivity index (χ2n) is 5.09. The molecule has 1 aliphatic carbocycles. The van der Waals surface area contributed by atoms with Crippen LogP contribution in [-0.2, 0) is 13.1 Å². The van der Waals surface area contributed by atoms with Crippen LogP contribution in [0.25, 0.3) is 0 Å². The third kappa shape index (κ3) is 2.20. The molecule has 0 aromatic heterocycles. The fourth-order valence-electron chi connectivity index (χ4n) is 2.47. The lowest BCUT2D eigenvalue weighted by molar-refractivity contribution is 0.0939. The third-order valence-corrected chi connectivity index (χ3v) is 3.88. The zero-order chi connectivity index (χ0) is 11.7. The van der Waals surface area contributed by atoms with E-state index in [1.807, 2.05) is 12.1 Å². The lowest BCUT2D eigenvalue weighted by Crippen LogP contribution is -2.32. The molecular formula is C14H18N2O. The first kappa shape index (κ1) is 10.8. The summed E-state index contributed by atoms with van der Waals surface area (Å²) in [4.78, 5) is 12.0. The minimum absolute atomic E-state index is 0.0756. The van der Waals surface area contributed by atoms with Gasteiger partial charge < -0.3 is 10.6 Å². The first-order valence-corrected chi connectivity index (χ1v) is 6.43. The maximum atomic E-state index is 12.0. The van der Waals surface area contributed by atoms with Crippen molar-refractivity contribution in [2.24, 2.45) is 5.92 Å². The number of carbonyl (C=O) groups excluding carboxylic acids is 1. The summed E-state index contributed by atoms with van der Waals surface area (Å²) in [7, 11) is 0. The van der Waals surface area contributed by atoms with E-state index in [1.54, 1.807) is 0 Å². The third-order valence-electron chi connectivity index (χ3n) is 3.88. The molecule has 3 nitrogen and oxygen atoms in total. The van der Waals surface area contributed by atoms with Crippen LogP contribution >= 0.6 is 0 Å². The highest BCUT2D eigenvalue weighted by Gasteiger charge is 2.19. The molecule has 0 unspecified atom stereocenters. The molecule has 0 atom stereocenters. The van der Waals surface area contributed by atoms with Gasteiger partial charge in [0, 0.05) is 25.2 Å². The monoisotopic (exact) mass is 230 g/mol. The zero-order valence-electron chi connectivity index (χ0n) is 9.96. The van der Waals surface area contributed by atoms with E-state index in [0.29, 0.717) is 0 Å². The minimum Gasteiger partial charge on any atom is -0.352 e. The van der Waals surface area contributed by atoms with Crippen molar-refractivity contribution in [3.63, 3.8) is 0 Å². The van der Waals surface area contributed by atoms with E-state index in [9.17, 15) is 4.79 Å². The molecule has 0 spiro atoms. The molecule has 3 heteroatoms. The Balaban J connectivity index is 1.64. The Labute approximate surface area is 102 Å². The number of nitrogens with one attached hydrogen (secondary N) is 2. The molecule has 1 aliphatic heterocycles. The van der Waals surface area contributed by atoms with Crippen molar-refractivity contribution in [2.45, 2.75) is 32.4 Å². The van der Waals surface area contributed by atoms with Gasteiger partial charge in [-0.15, -0.1) is 0 Å². The molecular weight excluding hydrogens is 212 g/mol. The maximum Gasteiger partial charge on any atom is 0.251 e. The molecule has 1 fully saturated rings. The van der Waals surface area contributed by atoms with E-state index >= 15 is 0 Å². The Morgan fingerprint density at radius 1 is 1.29 bits per heavy atom. The Morgan fingerprint density at radius 2 is 2.12 bits per heavy atom. The molecule has 3 rings (SSSR count). The quantitative estimate of drug-likeness (QED) is 0.831. The summed E-state index contributed by atoms with van der Waals surface area (Å²) in [6, 6.07) is 6.01. The highest BCUT2D eigenvalue weighted by atomic mass is 16.1. The van der Waals surface area contributed by atoms with Gasteiger partial charge in [0.1, 0.15) is 0 Å². The lowest BCUT2D eigenvalue weighted by atomic mass is 9.85. The average Bonchev–Trinajstić information content (AvgIpc) is 2.73. The molecule has 0 bridgehead atoms. The van der Waals surface area contributed by atoms with E-state index in [4.69, 9.17) is 0 Å². The summed E-state index contributed by atoms with van der Waals surface area (Å²) in [5, 5.41) is 6.32. The summed E-state index contributed by atoms with van der Waals surface area (Å²) in [6.45, 7) is 2.66. The first-order chi connectivity index (χ1) is 8.33. The van der Waals surface area contributed by atoms with Crippen LogP contribution in [0.2, 0.25) is 0 Å². The van der Waals surface area contributed by atoms with Crippen molar-refractivity contribution in [3.8, 4) is 0 Å². The van der Waals surface area contributed by atoms with Gasteiger partial charge >= 0.3 is 0 Å². The topological polar surface area (TPSA) is 41.1 Å². The van der Waals surface area contributed by atoms with E-state index < -0.39 is 0 Å². The van der Waals surface area contributed by atoms with Crippen molar-refractivity contribution in [3.05, 3.63) is 34.9 Å². The summed E-state index contributed by atoms with van der Waals surface area (Å²) in [5.74, 6) is 0.793. The Morgan fingerprint density at radius 3 is 2.88 bits per heavy atom. The summed E-state index contributed by atoms with van der Waals surface area (Å²) in [5.41, 5.74) is 3.38. The molecule has 0 radical (unpaired) electrons. The van der Waals surface area contributed by atoms with Crippen molar-refractivity contribution in [2.75, 3.05) is 6.54 Å². The zero-order valence-corrected chi connectivity index (χ0v) is 9.96. The van der Waals surface area contributed by atoms with Crippen LogP contribution in [0.15, 0.2) is 18.2 Å².